The minimum absolute atomic E-state index is 0.125. The van der Waals surface area contributed by atoms with Crippen LogP contribution in [-0.2, 0) is 4.79 Å². The third-order valence-electron chi connectivity index (χ3n) is 3.72. The van der Waals surface area contributed by atoms with Crippen molar-refractivity contribution in [3.05, 3.63) is 41.5 Å². The zero-order valence-electron chi connectivity index (χ0n) is 10.3. The summed E-state index contributed by atoms with van der Waals surface area (Å²) in [4.78, 5) is 23.8. The summed E-state index contributed by atoms with van der Waals surface area (Å²) in [6.07, 6.45) is 0. The minimum Gasteiger partial charge on any atom is -0.398 e. The zero-order chi connectivity index (χ0) is 13.7. The Bertz CT molecular complexity index is 723. The van der Waals surface area contributed by atoms with E-state index in [9.17, 15) is 9.59 Å². The summed E-state index contributed by atoms with van der Waals surface area (Å²) in [5.41, 5.74) is 7.86. The quantitative estimate of drug-likeness (QED) is 0.461. The summed E-state index contributed by atoms with van der Waals surface area (Å²) in [7, 11) is 0. The molecule has 4 heteroatoms. The van der Waals surface area contributed by atoms with Crippen molar-refractivity contribution < 1.29 is 9.59 Å². The molecule has 3 rings (SSSR count). The molecule has 1 aliphatic rings. The standard InChI is InChI=1S/C15H12BrNO2/c1-7-14(18)10-6-8-4-2-3-5-9(8)13(17)11(10)12(16)15(7)19/h2-7,12H,17H2,1H3. The van der Waals surface area contributed by atoms with Gasteiger partial charge in [-0.2, -0.15) is 0 Å². The second-order valence-corrected chi connectivity index (χ2v) is 5.74. The lowest BCUT2D eigenvalue weighted by molar-refractivity contribution is -0.120. The average molecular weight is 318 g/mol. The van der Waals surface area contributed by atoms with Gasteiger partial charge in [-0.15, -0.1) is 0 Å². The predicted octanol–water partition coefficient (Wildman–Crippen LogP) is 3.26. The number of carbonyl (C=O) groups is 2. The van der Waals surface area contributed by atoms with E-state index in [-0.39, 0.29) is 11.6 Å². The van der Waals surface area contributed by atoms with Crippen molar-refractivity contribution in [3.8, 4) is 0 Å². The van der Waals surface area contributed by atoms with Gasteiger partial charge in [0.1, 0.15) is 4.83 Å². The Morgan fingerprint density at radius 2 is 1.89 bits per heavy atom. The van der Waals surface area contributed by atoms with Gasteiger partial charge in [0.2, 0.25) is 0 Å². The number of hydrogen-bond donors (Lipinski definition) is 1. The van der Waals surface area contributed by atoms with Gasteiger partial charge < -0.3 is 5.73 Å². The summed E-state index contributed by atoms with van der Waals surface area (Å²) in [5, 5.41) is 1.80. The molecule has 0 radical (unpaired) electrons. The fourth-order valence-electron chi connectivity index (χ4n) is 2.59. The number of anilines is 1. The molecule has 19 heavy (non-hydrogen) atoms. The highest BCUT2D eigenvalue weighted by Crippen LogP contribution is 2.42. The smallest absolute Gasteiger partial charge is 0.173 e. The largest absolute Gasteiger partial charge is 0.398 e. The maximum Gasteiger partial charge on any atom is 0.173 e. The van der Waals surface area contributed by atoms with Crippen molar-refractivity contribution in [2.24, 2.45) is 5.92 Å². The Kier molecular flexibility index (Phi) is 2.71. The Morgan fingerprint density at radius 1 is 1.21 bits per heavy atom. The number of rotatable bonds is 0. The number of Topliss-reactive ketones (excluding diaryl/α,β-unsaturated/α-hetero) is 2. The molecule has 96 valence electrons. The molecule has 2 atom stereocenters. The number of fused-ring (bicyclic) bond motifs is 2. The maximum atomic E-state index is 12.3. The molecule has 3 nitrogen and oxygen atoms in total. The van der Waals surface area contributed by atoms with Gasteiger partial charge in [0.05, 0.1) is 5.92 Å². The van der Waals surface area contributed by atoms with Crippen molar-refractivity contribution in [2.45, 2.75) is 11.8 Å². The molecule has 0 fully saturated rings. The van der Waals surface area contributed by atoms with E-state index in [1.54, 1.807) is 6.92 Å². The van der Waals surface area contributed by atoms with Gasteiger partial charge in [0, 0.05) is 22.2 Å². The Balaban J connectivity index is 2.41. The first-order chi connectivity index (χ1) is 9.02. The van der Waals surface area contributed by atoms with Gasteiger partial charge in [-0.25, -0.2) is 0 Å². The molecule has 0 amide bonds. The molecular formula is C15H12BrNO2. The fraction of sp³-hybridized carbons (Fsp3) is 0.200. The molecule has 0 saturated heterocycles. The summed E-state index contributed by atoms with van der Waals surface area (Å²) in [5.74, 6) is -0.884. The third kappa shape index (κ3) is 1.63. The third-order valence-corrected chi connectivity index (χ3v) is 4.63. The number of carbonyl (C=O) groups excluding carboxylic acids is 2. The first-order valence-corrected chi connectivity index (χ1v) is 6.97. The molecule has 1 aliphatic carbocycles. The van der Waals surface area contributed by atoms with Gasteiger partial charge in [-0.3, -0.25) is 9.59 Å². The number of benzene rings is 2. The summed E-state index contributed by atoms with van der Waals surface area (Å²) < 4.78 is 0. The van der Waals surface area contributed by atoms with E-state index in [1.165, 1.54) is 0 Å². The molecule has 0 aliphatic heterocycles. The number of alkyl halides is 1. The fourth-order valence-corrected chi connectivity index (χ4v) is 3.48. The van der Waals surface area contributed by atoms with Crippen LogP contribution in [0, 0.1) is 5.92 Å². The molecule has 2 aromatic rings. The Labute approximate surface area is 118 Å². The Hall–Kier alpha value is -1.68. The van der Waals surface area contributed by atoms with Crippen molar-refractivity contribution in [1.29, 1.82) is 0 Å². The van der Waals surface area contributed by atoms with Crippen molar-refractivity contribution >= 4 is 44.0 Å². The highest BCUT2D eigenvalue weighted by molar-refractivity contribution is 9.09. The molecule has 0 aromatic heterocycles. The van der Waals surface area contributed by atoms with Crippen LogP contribution < -0.4 is 5.73 Å². The normalized spacial score (nSPS) is 22.6. The van der Waals surface area contributed by atoms with Crippen LogP contribution >= 0.6 is 15.9 Å². The zero-order valence-corrected chi connectivity index (χ0v) is 11.9. The highest BCUT2D eigenvalue weighted by atomic mass is 79.9. The topological polar surface area (TPSA) is 60.2 Å². The van der Waals surface area contributed by atoms with Gasteiger partial charge in [0.25, 0.3) is 0 Å². The Morgan fingerprint density at radius 3 is 2.63 bits per heavy atom. The molecule has 2 N–H and O–H groups in total. The van der Waals surface area contributed by atoms with E-state index in [1.807, 2.05) is 30.3 Å². The number of ketones is 2. The molecular weight excluding hydrogens is 306 g/mol. The number of nitrogens with two attached hydrogens (primary N) is 1. The predicted molar refractivity (Wildman–Crippen MR) is 78.5 cm³/mol. The van der Waals surface area contributed by atoms with Crippen molar-refractivity contribution in [3.63, 3.8) is 0 Å². The van der Waals surface area contributed by atoms with Crippen LogP contribution in [0.15, 0.2) is 30.3 Å². The van der Waals surface area contributed by atoms with Gasteiger partial charge >= 0.3 is 0 Å². The number of nitrogen functional groups attached to an aromatic ring is 1. The van der Waals surface area contributed by atoms with E-state index in [2.05, 4.69) is 15.9 Å². The lowest BCUT2D eigenvalue weighted by atomic mass is 9.80. The molecule has 0 saturated carbocycles. The molecule has 0 bridgehead atoms. The van der Waals surface area contributed by atoms with Gasteiger partial charge in [0.15, 0.2) is 11.6 Å². The molecule has 2 unspecified atom stereocenters. The van der Waals surface area contributed by atoms with E-state index in [4.69, 9.17) is 5.73 Å². The lowest BCUT2D eigenvalue weighted by Crippen LogP contribution is -2.31. The first kappa shape index (κ1) is 12.4. The highest BCUT2D eigenvalue weighted by Gasteiger charge is 2.38. The van der Waals surface area contributed by atoms with Crippen LogP contribution in [0.2, 0.25) is 0 Å². The van der Waals surface area contributed by atoms with Crippen LogP contribution in [0.1, 0.15) is 27.7 Å². The van der Waals surface area contributed by atoms with Crippen LogP contribution in [0.25, 0.3) is 10.8 Å². The average Bonchev–Trinajstić information content (AvgIpc) is 2.43. The molecule has 2 aromatic carbocycles. The SMILES string of the molecule is CC1C(=O)c2cc3ccccc3c(N)c2C(Br)C1=O. The summed E-state index contributed by atoms with van der Waals surface area (Å²) in [6, 6.07) is 9.45. The van der Waals surface area contributed by atoms with Crippen LogP contribution in [-0.4, -0.2) is 11.6 Å². The number of halogens is 1. The first-order valence-electron chi connectivity index (χ1n) is 6.05. The second-order valence-electron chi connectivity index (χ2n) is 4.82. The van der Waals surface area contributed by atoms with Crippen LogP contribution in [0.3, 0.4) is 0 Å². The second kappa shape index (κ2) is 4.17. The molecule has 0 heterocycles. The molecule has 0 spiro atoms. The lowest BCUT2D eigenvalue weighted by Gasteiger charge is -2.26. The van der Waals surface area contributed by atoms with E-state index in [0.29, 0.717) is 16.8 Å². The van der Waals surface area contributed by atoms with Gasteiger partial charge in [-0.05, 0) is 18.4 Å². The van der Waals surface area contributed by atoms with Gasteiger partial charge in [-0.1, -0.05) is 40.2 Å². The summed E-state index contributed by atoms with van der Waals surface area (Å²) in [6.45, 7) is 1.65. The van der Waals surface area contributed by atoms with Crippen molar-refractivity contribution in [1.82, 2.24) is 0 Å². The maximum absolute atomic E-state index is 12.3. The van der Waals surface area contributed by atoms with E-state index >= 15 is 0 Å². The van der Waals surface area contributed by atoms with E-state index in [0.717, 1.165) is 10.8 Å². The van der Waals surface area contributed by atoms with E-state index < -0.39 is 10.7 Å². The van der Waals surface area contributed by atoms with Crippen LogP contribution in [0.5, 0.6) is 0 Å². The van der Waals surface area contributed by atoms with Crippen LogP contribution in [0.4, 0.5) is 5.69 Å². The monoisotopic (exact) mass is 317 g/mol. The van der Waals surface area contributed by atoms with Crippen molar-refractivity contribution in [2.75, 3.05) is 5.73 Å². The summed E-state index contributed by atoms with van der Waals surface area (Å²) >= 11 is 3.38. The minimum atomic E-state index is -0.613. The number of hydrogen-bond acceptors (Lipinski definition) is 3.